The molecule has 0 saturated carbocycles. The number of aromatic amines is 1. The van der Waals surface area contributed by atoms with Gasteiger partial charge in [0.25, 0.3) is 11.7 Å². The average Bonchev–Trinajstić information content (AvgIpc) is 3.95. The minimum absolute atomic E-state index is 0.0765. The number of hydrogen-bond acceptors (Lipinski definition) is 12. The standard InChI is InChI=1S/C46H53FN12O4/c1-26-21-31(8-11-36(26)59-20-15-38(60)55-45(59)62)58-18-13-29(14-19-58)23-48-16-17-49-37-12-7-30(24-50-37)35-22-34-40(51-25-52-41(34)54-35)33-10-9-32(27(2)39(33)47)28(3)53-43(61)42-56-44(63-57-42)46(4,5)6/h7-12,21-22,24-25,28-29,48H,13-20,23H2,1-6H3,(H,49,50)(H,53,61)(H,51,52,54)(H,55,60,62)/t28-/m1/s1. The highest BCUT2D eigenvalue weighted by Gasteiger charge is 2.28. The summed E-state index contributed by atoms with van der Waals surface area (Å²) in [5.41, 5.74) is 6.57. The third kappa shape index (κ3) is 9.38. The van der Waals surface area contributed by atoms with E-state index in [0.29, 0.717) is 58.2 Å². The molecule has 0 radical (unpaired) electrons. The van der Waals surface area contributed by atoms with E-state index in [1.807, 2.05) is 52.0 Å². The molecule has 0 unspecified atom stereocenters. The fourth-order valence-electron chi connectivity index (χ4n) is 8.19. The largest absolute Gasteiger partial charge is 0.372 e. The van der Waals surface area contributed by atoms with Gasteiger partial charge >= 0.3 is 6.03 Å². The molecule has 328 valence electrons. The van der Waals surface area contributed by atoms with Crippen LogP contribution in [0.2, 0.25) is 0 Å². The van der Waals surface area contributed by atoms with Gasteiger partial charge in [0.15, 0.2) is 0 Å². The predicted molar refractivity (Wildman–Crippen MR) is 239 cm³/mol. The molecular weight excluding hydrogens is 804 g/mol. The van der Waals surface area contributed by atoms with E-state index in [4.69, 9.17) is 4.52 Å². The Labute approximate surface area is 364 Å². The number of benzene rings is 2. The number of aromatic nitrogens is 6. The van der Waals surface area contributed by atoms with E-state index >= 15 is 4.39 Å². The van der Waals surface area contributed by atoms with Crippen LogP contribution in [0.3, 0.4) is 0 Å². The van der Waals surface area contributed by atoms with Crippen LogP contribution in [-0.2, 0) is 10.2 Å². The third-order valence-corrected chi connectivity index (χ3v) is 11.8. The van der Waals surface area contributed by atoms with Crippen molar-refractivity contribution in [2.24, 2.45) is 5.92 Å². The lowest BCUT2D eigenvalue weighted by molar-refractivity contribution is -0.120. The highest BCUT2D eigenvalue weighted by molar-refractivity contribution is 6.06. The van der Waals surface area contributed by atoms with E-state index in [-0.39, 0.29) is 17.8 Å². The number of hydrogen-bond donors (Lipinski definition) is 5. The monoisotopic (exact) mass is 856 g/mol. The summed E-state index contributed by atoms with van der Waals surface area (Å²) in [6, 6.07) is 14.6. The van der Waals surface area contributed by atoms with Crippen LogP contribution in [0.25, 0.3) is 33.5 Å². The Kier molecular flexibility index (Phi) is 12.2. The van der Waals surface area contributed by atoms with Crippen molar-refractivity contribution in [1.82, 2.24) is 46.0 Å². The number of imide groups is 1. The summed E-state index contributed by atoms with van der Waals surface area (Å²) in [6.07, 6.45) is 5.69. The topological polar surface area (TPSA) is 199 Å². The SMILES string of the molecule is Cc1cc(N2CCC(CNCCNc3ccc(-c4cc5c(-c6ccc([C@@H](C)NC(=O)c7noc(C(C)(C)C)n7)c(C)c6F)ncnc5[nH]4)cn3)CC2)ccc1N1CCC(=O)NC1=O. The maximum Gasteiger partial charge on any atom is 0.328 e. The van der Waals surface area contributed by atoms with E-state index < -0.39 is 23.2 Å². The second-order valence-corrected chi connectivity index (χ2v) is 17.4. The Balaban J connectivity index is 0.813. The molecule has 2 aromatic carbocycles. The lowest BCUT2D eigenvalue weighted by atomic mass is 9.96. The Hall–Kier alpha value is -6.75. The number of piperidine rings is 1. The Morgan fingerprint density at radius 3 is 2.52 bits per heavy atom. The number of rotatable bonds is 13. The molecule has 16 nitrogen and oxygen atoms in total. The first-order valence-electron chi connectivity index (χ1n) is 21.4. The summed E-state index contributed by atoms with van der Waals surface area (Å²) in [5, 5.41) is 16.7. The highest BCUT2D eigenvalue weighted by atomic mass is 19.1. The molecule has 2 fully saturated rings. The van der Waals surface area contributed by atoms with Crippen LogP contribution in [0.15, 0.2) is 65.6 Å². The second kappa shape index (κ2) is 17.9. The number of nitrogens with zero attached hydrogens (tertiary/aromatic N) is 7. The molecule has 6 heterocycles. The number of pyridine rings is 1. The molecule has 4 aromatic heterocycles. The first kappa shape index (κ1) is 42.9. The van der Waals surface area contributed by atoms with Crippen LogP contribution >= 0.6 is 0 Å². The molecule has 8 rings (SSSR count). The lowest BCUT2D eigenvalue weighted by Gasteiger charge is -2.34. The molecular formula is C46H53FN12O4. The highest BCUT2D eigenvalue weighted by Crippen LogP contribution is 2.35. The minimum atomic E-state index is -0.533. The van der Waals surface area contributed by atoms with Crippen LogP contribution in [0.4, 0.5) is 26.4 Å². The van der Waals surface area contributed by atoms with Gasteiger partial charge in [0, 0.05) is 84.3 Å². The molecule has 2 saturated heterocycles. The van der Waals surface area contributed by atoms with Crippen molar-refractivity contribution in [2.75, 3.05) is 54.4 Å². The van der Waals surface area contributed by atoms with Crippen molar-refractivity contribution in [3.05, 3.63) is 95.3 Å². The van der Waals surface area contributed by atoms with Gasteiger partial charge in [-0.2, -0.15) is 4.98 Å². The van der Waals surface area contributed by atoms with E-state index in [9.17, 15) is 14.4 Å². The predicted octanol–water partition coefficient (Wildman–Crippen LogP) is 6.98. The second-order valence-electron chi connectivity index (χ2n) is 17.4. The zero-order chi connectivity index (χ0) is 44.4. The maximum absolute atomic E-state index is 16.1. The molecule has 17 heteroatoms. The summed E-state index contributed by atoms with van der Waals surface area (Å²) >= 11 is 0. The summed E-state index contributed by atoms with van der Waals surface area (Å²) in [6.45, 7) is 16.0. The lowest BCUT2D eigenvalue weighted by Crippen LogP contribution is -2.49. The maximum atomic E-state index is 16.1. The molecule has 0 aliphatic carbocycles. The van der Waals surface area contributed by atoms with E-state index in [1.54, 1.807) is 37.1 Å². The number of anilines is 3. The normalized spacial score (nSPS) is 15.5. The van der Waals surface area contributed by atoms with Crippen LogP contribution in [0, 0.1) is 25.6 Å². The molecule has 5 N–H and O–H groups in total. The summed E-state index contributed by atoms with van der Waals surface area (Å²) in [7, 11) is 0. The molecule has 1 atom stereocenters. The molecule has 2 aliphatic rings. The number of amides is 4. The zero-order valence-corrected chi connectivity index (χ0v) is 36.4. The Morgan fingerprint density at radius 2 is 1.81 bits per heavy atom. The zero-order valence-electron chi connectivity index (χ0n) is 36.4. The fourth-order valence-corrected chi connectivity index (χ4v) is 8.19. The van der Waals surface area contributed by atoms with Gasteiger partial charge < -0.3 is 30.4 Å². The first-order chi connectivity index (χ1) is 30.2. The fraction of sp³-hybridized carbons (Fsp3) is 0.391. The van der Waals surface area contributed by atoms with Gasteiger partial charge in [-0.25, -0.2) is 24.1 Å². The van der Waals surface area contributed by atoms with Crippen LogP contribution in [0.1, 0.15) is 86.2 Å². The molecule has 2 aliphatic heterocycles. The van der Waals surface area contributed by atoms with Crippen LogP contribution < -0.4 is 31.1 Å². The van der Waals surface area contributed by atoms with E-state index in [2.05, 4.69) is 68.4 Å². The summed E-state index contributed by atoms with van der Waals surface area (Å²) in [4.78, 5) is 62.0. The number of nitrogens with one attached hydrogen (secondary N) is 5. The summed E-state index contributed by atoms with van der Waals surface area (Å²) < 4.78 is 21.4. The first-order valence-corrected chi connectivity index (χ1v) is 21.4. The van der Waals surface area contributed by atoms with Crippen molar-refractivity contribution in [3.8, 4) is 22.5 Å². The number of carbonyl (C=O) groups excluding carboxylic acids is 3. The van der Waals surface area contributed by atoms with Gasteiger partial charge in [-0.05, 0) is 105 Å². The number of fused-ring (bicyclic) bond motifs is 1. The average molecular weight is 857 g/mol. The molecule has 0 spiro atoms. The molecule has 6 aromatic rings. The van der Waals surface area contributed by atoms with E-state index in [0.717, 1.165) is 79.6 Å². The Bertz CT molecular complexity index is 2650. The van der Waals surface area contributed by atoms with Gasteiger partial charge in [-0.15, -0.1) is 0 Å². The molecule has 4 amide bonds. The van der Waals surface area contributed by atoms with Crippen LogP contribution in [0.5, 0.6) is 0 Å². The van der Waals surface area contributed by atoms with Gasteiger partial charge in [-0.3, -0.25) is 19.8 Å². The summed E-state index contributed by atoms with van der Waals surface area (Å²) in [5.74, 6) is 0.442. The number of urea groups is 1. The van der Waals surface area contributed by atoms with Crippen LogP contribution in [-0.4, -0.2) is 87.2 Å². The molecule has 0 bridgehead atoms. The third-order valence-electron chi connectivity index (χ3n) is 11.8. The number of H-pyrrole nitrogens is 1. The quantitative estimate of drug-likeness (QED) is 0.0749. The van der Waals surface area contributed by atoms with Gasteiger partial charge in [0.1, 0.15) is 23.6 Å². The smallest absolute Gasteiger partial charge is 0.328 e. The Morgan fingerprint density at radius 1 is 1.00 bits per heavy atom. The van der Waals surface area contributed by atoms with E-state index in [1.165, 1.54) is 6.33 Å². The van der Waals surface area contributed by atoms with Crippen molar-refractivity contribution in [1.29, 1.82) is 0 Å². The van der Waals surface area contributed by atoms with Crippen molar-refractivity contribution in [3.63, 3.8) is 0 Å². The van der Waals surface area contributed by atoms with Crippen molar-refractivity contribution < 1.29 is 23.3 Å². The van der Waals surface area contributed by atoms with Crippen molar-refractivity contribution >= 4 is 46.1 Å². The molecule has 63 heavy (non-hydrogen) atoms. The number of halogens is 1. The van der Waals surface area contributed by atoms with Crippen molar-refractivity contribution in [2.45, 2.75) is 72.3 Å². The number of carbonyl (C=O) groups is 3. The number of aryl methyl sites for hydroxylation is 1. The minimum Gasteiger partial charge on any atom is -0.372 e. The van der Waals surface area contributed by atoms with Gasteiger partial charge in [0.2, 0.25) is 11.8 Å². The van der Waals surface area contributed by atoms with Gasteiger partial charge in [-0.1, -0.05) is 32.0 Å². The van der Waals surface area contributed by atoms with Gasteiger partial charge in [0.05, 0.1) is 11.7 Å².